The molecule has 11 heavy (non-hydrogen) atoms. The van der Waals surface area contributed by atoms with Gasteiger partial charge in [0.2, 0.25) is 0 Å². The van der Waals surface area contributed by atoms with Crippen molar-refractivity contribution in [2.75, 3.05) is 0 Å². The van der Waals surface area contributed by atoms with E-state index in [4.69, 9.17) is 0 Å². The van der Waals surface area contributed by atoms with Crippen LogP contribution in [0.2, 0.25) is 0 Å². The molecule has 0 aliphatic carbocycles. The molecule has 0 spiro atoms. The van der Waals surface area contributed by atoms with Gasteiger partial charge in [-0.2, -0.15) is 0 Å². The molecule has 0 aliphatic heterocycles. The molecule has 0 aromatic rings. The van der Waals surface area contributed by atoms with Crippen LogP contribution in [0.4, 0.5) is 8.78 Å². The van der Waals surface area contributed by atoms with Gasteiger partial charge in [-0.05, 0) is 41.9 Å². The second-order valence-corrected chi connectivity index (χ2v) is 4.90. The summed E-state index contributed by atoms with van der Waals surface area (Å²) in [5, 5.41) is 0. The van der Waals surface area contributed by atoms with Crippen LogP contribution in [-0.2, 0) is 0 Å². The highest BCUT2D eigenvalue weighted by Gasteiger charge is 2.48. The van der Waals surface area contributed by atoms with E-state index in [0.29, 0.717) is 0 Å². The Morgan fingerprint density at radius 1 is 1.36 bits per heavy atom. The number of rotatable bonds is 3. The monoisotopic (exact) mass is 276 g/mol. The lowest BCUT2D eigenvalue weighted by Crippen LogP contribution is -2.43. The Bertz CT molecular complexity index is 130. The quantitative estimate of drug-likeness (QED) is 0.542. The maximum absolute atomic E-state index is 13.6. The molecule has 0 aromatic carbocycles. The molecule has 2 atom stereocenters. The minimum absolute atomic E-state index is 0.213. The van der Waals surface area contributed by atoms with Gasteiger partial charge in [0.1, 0.15) is 0 Å². The highest BCUT2D eigenvalue weighted by molar-refractivity contribution is 14.1. The fourth-order valence-electron chi connectivity index (χ4n) is 0.838. The van der Waals surface area contributed by atoms with Gasteiger partial charge in [-0.25, -0.2) is 8.78 Å². The van der Waals surface area contributed by atoms with Gasteiger partial charge in [-0.3, -0.25) is 0 Å². The van der Waals surface area contributed by atoms with Crippen LogP contribution in [0.5, 0.6) is 0 Å². The molecule has 0 heterocycles. The van der Waals surface area contributed by atoms with Crippen molar-refractivity contribution in [1.82, 2.24) is 0 Å². The van der Waals surface area contributed by atoms with Gasteiger partial charge in [0.05, 0.1) is 0 Å². The summed E-state index contributed by atoms with van der Waals surface area (Å²) in [4.78, 5) is 0. The van der Waals surface area contributed by atoms with E-state index in [2.05, 4.69) is 0 Å². The first-order valence-electron chi connectivity index (χ1n) is 3.82. The summed E-state index contributed by atoms with van der Waals surface area (Å²) < 4.78 is 25.3. The van der Waals surface area contributed by atoms with Gasteiger partial charge < -0.3 is 0 Å². The lowest BCUT2D eigenvalue weighted by molar-refractivity contribution is 0.0207. The number of halogens is 3. The van der Waals surface area contributed by atoms with E-state index >= 15 is 0 Å². The SMILES string of the molecule is CCC(C)(F)C(F)(I)C(C)C. The second-order valence-electron chi connectivity index (χ2n) is 3.33. The second kappa shape index (κ2) is 3.54. The predicted octanol–water partition coefficient (Wildman–Crippen LogP) is 3.88. The Labute approximate surface area is 80.9 Å². The molecule has 0 amide bonds. The topological polar surface area (TPSA) is 0 Å². The molecular weight excluding hydrogens is 261 g/mol. The molecule has 0 rings (SSSR count). The van der Waals surface area contributed by atoms with E-state index < -0.39 is 9.34 Å². The Morgan fingerprint density at radius 3 is 1.82 bits per heavy atom. The molecule has 0 saturated heterocycles. The van der Waals surface area contributed by atoms with Crippen LogP contribution in [0.15, 0.2) is 0 Å². The van der Waals surface area contributed by atoms with E-state index in [1.807, 2.05) is 0 Å². The number of alkyl halides is 3. The van der Waals surface area contributed by atoms with Gasteiger partial charge in [-0.15, -0.1) is 0 Å². The zero-order valence-electron chi connectivity index (χ0n) is 7.42. The summed E-state index contributed by atoms with van der Waals surface area (Å²) in [6.45, 7) is 6.37. The summed E-state index contributed by atoms with van der Waals surface area (Å²) in [7, 11) is 0. The van der Waals surface area contributed by atoms with Gasteiger partial charge >= 0.3 is 0 Å². The Kier molecular flexibility index (Phi) is 3.73. The lowest BCUT2D eigenvalue weighted by atomic mass is 9.91. The van der Waals surface area contributed by atoms with Crippen LogP contribution in [0.3, 0.4) is 0 Å². The molecule has 0 saturated carbocycles. The Morgan fingerprint density at radius 2 is 1.73 bits per heavy atom. The molecular formula is C8H15F2I. The Hall–Kier alpha value is 0.590. The van der Waals surface area contributed by atoms with Crippen molar-refractivity contribution in [3.05, 3.63) is 0 Å². The smallest absolute Gasteiger partial charge is 0.196 e. The van der Waals surface area contributed by atoms with E-state index in [1.165, 1.54) is 6.92 Å². The van der Waals surface area contributed by atoms with E-state index in [0.717, 1.165) is 0 Å². The highest BCUT2D eigenvalue weighted by atomic mass is 127. The fraction of sp³-hybridized carbons (Fsp3) is 1.00. The predicted molar refractivity (Wildman–Crippen MR) is 52.5 cm³/mol. The molecule has 0 aliphatic rings. The summed E-state index contributed by atoms with van der Waals surface area (Å²) in [5.74, 6) is -0.293. The van der Waals surface area contributed by atoms with E-state index in [9.17, 15) is 8.78 Å². The highest BCUT2D eigenvalue weighted by Crippen LogP contribution is 2.44. The van der Waals surface area contributed by atoms with Gasteiger partial charge in [0.25, 0.3) is 0 Å². The molecule has 3 heteroatoms. The van der Waals surface area contributed by atoms with Gasteiger partial charge in [0, 0.05) is 0 Å². The molecule has 0 bridgehead atoms. The molecule has 68 valence electrons. The zero-order valence-corrected chi connectivity index (χ0v) is 9.58. The summed E-state index contributed by atoms with van der Waals surface area (Å²) in [6, 6.07) is 0. The van der Waals surface area contributed by atoms with Crippen LogP contribution in [-0.4, -0.2) is 9.34 Å². The number of hydrogen-bond acceptors (Lipinski definition) is 0. The average Bonchev–Trinajstić information content (AvgIpc) is 1.87. The van der Waals surface area contributed by atoms with Crippen molar-refractivity contribution in [3.8, 4) is 0 Å². The Balaban J connectivity index is 4.53. The molecule has 2 unspecified atom stereocenters. The number of hydrogen-bond donors (Lipinski definition) is 0. The van der Waals surface area contributed by atoms with Crippen LogP contribution in [0, 0.1) is 5.92 Å². The van der Waals surface area contributed by atoms with Crippen molar-refractivity contribution in [2.45, 2.75) is 43.5 Å². The van der Waals surface area contributed by atoms with Crippen molar-refractivity contribution in [1.29, 1.82) is 0 Å². The van der Waals surface area contributed by atoms with Crippen molar-refractivity contribution in [2.24, 2.45) is 5.92 Å². The normalized spacial score (nSPS) is 22.9. The minimum Gasteiger partial charge on any atom is -0.240 e. The van der Waals surface area contributed by atoms with Crippen molar-refractivity contribution < 1.29 is 8.78 Å². The summed E-state index contributed by atoms with van der Waals surface area (Å²) in [5.41, 5.74) is -1.72. The molecule has 0 N–H and O–H groups in total. The van der Waals surface area contributed by atoms with Crippen molar-refractivity contribution in [3.63, 3.8) is 0 Å². The lowest BCUT2D eigenvalue weighted by Gasteiger charge is -2.34. The van der Waals surface area contributed by atoms with Crippen LogP contribution in [0.25, 0.3) is 0 Å². The largest absolute Gasteiger partial charge is 0.240 e. The fourth-order valence-corrected chi connectivity index (χ4v) is 1.22. The molecule has 0 fully saturated rings. The maximum atomic E-state index is 13.6. The first-order valence-corrected chi connectivity index (χ1v) is 4.90. The summed E-state index contributed by atoms with van der Waals surface area (Å²) >= 11 is 1.57. The molecule has 0 nitrogen and oxygen atoms in total. The average molecular weight is 276 g/mol. The molecule has 0 radical (unpaired) electrons. The third kappa shape index (κ3) is 2.26. The van der Waals surface area contributed by atoms with Crippen LogP contribution in [0.1, 0.15) is 34.1 Å². The first kappa shape index (κ1) is 11.6. The maximum Gasteiger partial charge on any atom is 0.196 e. The first-order chi connectivity index (χ1) is 4.75. The minimum atomic E-state index is -1.75. The zero-order chi connectivity index (χ0) is 9.28. The van der Waals surface area contributed by atoms with Crippen LogP contribution >= 0.6 is 22.6 Å². The van der Waals surface area contributed by atoms with Gasteiger partial charge in [0.15, 0.2) is 9.34 Å². The van der Waals surface area contributed by atoms with Crippen molar-refractivity contribution >= 4 is 22.6 Å². The molecule has 0 aromatic heterocycles. The standard InChI is InChI=1S/C8H15F2I/c1-5-7(4,9)8(10,11)6(2)3/h6H,5H2,1-4H3. The van der Waals surface area contributed by atoms with E-state index in [1.54, 1.807) is 43.4 Å². The van der Waals surface area contributed by atoms with Crippen LogP contribution < -0.4 is 0 Å². The summed E-state index contributed by atoms with van der Waals surface area (Å²) in [6.07, 6.45) is 0.213. The van der Waals surface area contributed by atoms with E-state index in [-0.39, 0.29) is 12.3 Å². The third-order valence-electron chi connectivity index (χ3n) is 2.08. The third-order valence-corrected chi connectivity index (χ3v) is 4.45. The van der Waals surface area contributed by atoms with Gasteiger partial charge in [-0.1, -0.05) is 20.8 Å².